The van der Waals surface area contributed by atoms with Crippen molar-refractivity contribution in [3.05, 3.63) is 47.2 Å². The van der Waals surface area contributed by atoms with Crippen LogP contribution >= 0.6 is 0 Å². The van der Waals surface area contributed by atoms with Crippen molar-refractivity contribution in [1.82, 2.24) is 15.1 Å². The summed E-state index contributed by atoms with van der Waals surface area (Å²) in [5.41, 5.74) is 3.88. The molecule has 25 heavy (non-hydrogen) atoms. The van der Waals surface area contributed by atoms with Gasteiger partial charge in [0.1, 0.15) is 0 Å². The molecule has 0 unspecified atom stereocenters. The number of nitrogens with two attached hydrogens (primary N) is 1. The zero-order chi connectivity index (χ0) is 18.0. The highest BCUT2D eigenvalue weighted by atomic mass is 32.2. The van der Waals surface area contributed by atoms with E-state index in [1.54, 1.807) is 29.2 Å². The first-order valence-electron chi connectivity index (χ1n) is 7.48. The van der Waals surface area contributed by atoms with Gasteiger partial charge in [0.25, 0.3) is 5.91 Å². The Kier molecular flexibility index (Phi) is 4.55. The first-order valence-corrected chi connectivity index (χ1v) is 9.29. The molecule has 1 aliphatic heterocycles. The largest absolute Gasteiger partial charge is 0.378 e. The van der Waals surface area contributed by atoms with Crippen molar-refractivity contribution in [2.75, 3.05) is 18.2 Å². The molecular formula is C15H17N5O4S. The Balaban J connectivity index is 1.97. The molecule has 10 heteroatoms. The van der Waals surface area contributed by atoms with E-state index in [2.05, 4.69) is 15.6 Å². The third kappa shape index (κ3) is 3.69. The van der Waals surface area contributed by atoms with Crippen LogP contribution in [-0.4, -0.2) is 42.2 Å². The summed E-state index contributed by atoms with van der Waals surface area (Å²) in [6, 6.07) is 8.85. The number of carbonyl (C=O) groups excluding carboxylic acids is 1. The van der Waals surface area contributed by atoms with Gasteiger partial charge in [-0.2, -0.15) is 13.5 Å². The van der Waals surface area contributed by atoms with Crippen LogP contribution in [0.1, 0.15) is 21.6 Å². The lowest BCUT2D eigenvalue weighted by molar-refractivity contribution is 0.0732. The molecule has 9 nitrogen and oxygen atoms in total. The average molecular weight is 363 g/mol. The van der Waals surface area contributed by atoms with Gasteiger partial charge in [0, 0.05) is 24.1 Å². The number of nitrogen functional groups attached to an aromatic ring is 1. The predicted octanol–water partition coefficient (Wildman–Crippen LogP) is 0.299. The molecule has 3 N–H and O–H groups in total. The van der Waals surface area contributed by atoms with Crippen molar-refractivity contribution in [1.29, 1.82) is 0 Å². The molecule has 1 aliphatic rings. The molecule has 0 aliphatic carbocycles. The molecule has 0 spiro atoms. The quantitative estimate of drug-likeness (QED) is 0.451. The maximum atomic E-state index is 12.7. The second-order valence-corrected chi connectivity index (χ2v) is 7.15. The molecule has 3 rings (SSSR count). The Morgan fingerprint density at radius 3 is 2.64 bits per heavy atom. The monoisotopic (exact) mass is 363 g/mol. The van der Waals surface area contributed by atoms with Crippen molar-refractivity contribution in [3.8, 4) is 5.75 Å². The van der Waals surface area contributed by atoms with Crippen LogP contribution in [0.5, 0.6) is 5.75 Å². The van der Waals surface area contributed by atoms with Gasteiger partial charge in [-0.15, -0.1) is 5.10 Å². The van der Waals surface area contributed by atoms with Crippen LogP contribution < -0.4 is 15.5 Å². The molecule has 1 aromatic heterocycles. The highest BCUT2D eigenvalue weighted by Crippen LogP contribution is 2.33. The molecule has 0 bridgehead atoms. The van der Waals surface area contributed by atoms with Crippen LogP contribution in [-0.2, 0) is 23.1 Å². The number of nitrogens with zero attached hydrogens (tertiary/aromatic N) is 3. The van der Waals surface area contributed by atoms with Gasteiger partial charge in [-0.25, -0.2) is 5.84 Å². The predicted molar refractivity (Wildman–Crippen MR) is 90.2 cm³/mol. The lowest BCUT2D eigenvalue weighted by Gasteiger charge is -2.29. The summed E-state index contributed by atoms with van der Waals surface area (Å²) >= 11 is 0. The maximum Gasteiger partial charge on any atom is 0.306 e. The highest BCUT2D eigenvalue weighted by molar-refractivity contribution is 7.86. The van der Waals surface area contributed by atoms with Crippen LogP contribution in [0.3, 0.4) is 0 Å². The van der Waals surface area contributed by atoms with E-state index in [1.807, 2.05) is 6.07 Å². The van der Waals surface area contributed by atoms with E-state index in [0.29, 0.717) is 29.8 Å². The summed E-state index contributed by atoms with van der Waals surface area (Å²) in [4.78, 5) is 14.3. The van der Waals surface area contributed by atoms with Crippen molar-refractivity contribution in [3.63, 3.8) is 0 Å². The molecule has 132 valence electrons. The van der Waals surface area contributed by atoms with Gasteiger partial charge in [0.05, 0.1) is 18.5 Å². The molecule has 0 radical (unpaired) electrons. The molecule has 1 aromatic carbocycles. The number of anilines is 1. The number of amides is 1. The number of carbonyl (C=O) groups is 1. The van der Waals surface area contributed by atoms with Gasteiger partial charge < -0.3 is 14.5 Å². The SMILES string of the molecule is CS(=O)(=O)Oc1c(NN)nnc2c1CN(C(=O)c1ccccc1)CC2. The van der Waals surface area contributed by atoms with E-state index in [0.717, 1.165) is 6.26 Å². The second-order valence-electron chi connectivity index (χ2n) is 5.58. The van der Waals surface area contributed by atoms with Crippen molar-refractivity contribution < 1.29 is 17.4 Å². The zero-order valence-electron chi connectivity index (χ0n) is 13.5. The topological polar surface area (TPSA) is 128 Å². The Morgan fingerprint density at radius 1 is 1.28 bits per heavy atom. The molecule has 0 saturated heterocycles. The minimum Gasteiger partial charge on any atom is -0.378 e. The minimum absolute atomic E-state index is 0.00168. The van der Waals surface area contributed by atoms with Crippen LogP contribution in [0.15, 0.2) is 30.3 Å². The van der Waals surface area contributed by atoms with Gasteiger partial charge in [-0.05, 0) is 12.1 Å². The lowest BCUT2D eigenvalue weighted by atomic mass is 10.0. The third-order valence-electron chi connectivity index (χ3n) is 3.76. The number of aromatic nitrogens is 2. The Bertz CT molecular complexity index is 902. The van der Waals surface area contributed by atoms with Crippen molar-refractivity contribution >= 4 is 21.8 Å². The number of nitrogens with one attached hydrogen (secondary N) is 1. The fourth-order valence-electron chi connectivity index (χ4n) is 2.64. The fraction of sp³-hybridized carbons (Fsp3) is 0.267. The maximum absolute atomic E-state index is 12.7. The molecular weight excluding hydrogens is 346 g/mol. The van der Waals surface area contributed by atoms with Crippen molar-refractivity contribution in [2.45, 2.75) is 13.0 Å². The number of fused-ring (bicyclic) bond motifs is 1. The van der Waals surface area contributed by atoms with Crippen LogP contribution in [0.25, 0.3) is 0 Å². The summed E-state index contributed by atoms with van der Waals surface area (Å²) in [5.74, 6) is 5.19. The zero-order valence-corrected chi connectivity index (χ0v) is 14.3. The molecule has 0 atom stereocenters. The summed E-state index contributed by atoms with van der Waals surface area (Å²) in [7, 11) is -3.80. The minimum atomic E-state index is -3.80. The van der Waals surface area contributed by atoms with Gasteiger partial charge >= 0.3 is 10.1 Å². The fourth-order valence-corrected chi connectivity index (χ4v) is 3.12. The number of hydrogen-bond acceptors (Lipinski definition) is 8. The summed E-state index contributed by atoms with van der Waals surface area (Å²) in [6.45, 7) is 0.598. The molecule has 2 aromatic rings. The Morgan fingerprint density at radius 2 is 2.00 bits per heavy atom. The average Bonchev–Trinajstić information content (AvgIpc) is 2.60. The second kappa shape index (κ2) is 6.65. The molecule has 0 fully saturated rings. The van der Waals surface area contributed by atoms with Crippen LogP contribution in [0.4, 0.5) is 5.82 Å². The van der Waals surface area contributed by atoms with E-state index < -0.39 is 10.1 Å². The molecule has 0 saturated carbocycles. The van der Waals surface area contributed by atoms with Gasteiger partial charge in [-0.3, -0.25) is 4.79 Å². The van der Waals surface area contributed by atoms with Gasteiger partial charge in [0.15, 0.2) is 5.75 Å². The van der Waals surface area contributed by atoms with E-state index in [-0.39, 0.29) is 24.0 Å². The number of hydrogen-bond donors (Lipinski definition) is 2. The summed E-state index contributed by atoms with van der Waals surface area (Å²) in [6.07, 6.45) is 1.36. The molecule has 1 amide bonds. The van der Waals surface area contributed by atoms with E-state index in [4.69, 9.17) is 10.0 Å². The third-order valence-corrected chi connectivity index (χ3v) is 4.22. The standard InChI is InChI=1S/C15H17N5O4S/c1-25(22,23)24-13-11-9-20(15(21)10-5-3-2-4-6-10)8-7-12(11)18-19-14(13)17-16/h2-6H,7-9,16H2,1H3,(H,17,19). The number of rotatable bonds is 4. The van der Waals surface area contributed by atoms with Gasteiger partial charge in [-0.1, -0.05) is 18.2 Å². The van der Waals surface area contributed by atoms with Gasteiger partial charge in [0.2, 0.25) is 5.82 Å². The smallest absolute Gasteiger partial charge is 0.306 e. The normalized spacial score (nSPS) is 13.9. The molecule has 2 heterocycles. The summed E-state index contributed by atoms with van der Waals surface area (Å²) in [5, 5.41) is 7.89. The number of hydrazine groups is 1. The summed E-state index contributed by atoms with van der Waals surface area (Å²) < 4.78 is 28.2. The highest BCUT2D eigenvalue weighted by Gasteiger charge is 2.29. The first-order chi connectivity index (χ1) is 11.9. The Labute approximate surface area is 144 Å². The lowest BCUT2D eigenvalue weighted by Crippen LogP contribution is -2.37. The van der Waals surface area contributed by atoms with Crippen LogP contribution in [0, 0.1) is 0 Å². The van der Waals surface area contributed by atoms with E-state index in [1.165, 1.54) is 0 Å². The number of benzene rings is 1. The first kappa shape index (κ1) is 17.1. The van der Waals surface area contributed by atoms with E-state index >= 15 is 0 Å². The van der Waals surface area contributed by atoms with E-state index in [9.17, 15) is 13.2 Å². The van der Waals surface area contributed by atoms with Crippen LogP contribution in [0.2, 0.25) is 0 Å². The Hall–Kier alpha value is -2.72. The van der Waals surface area contributed by atoms with Crippen molar-refractivity contribution in [2.24, 2.45) is 5.84 Å².